The van der Waals surface area contributed by atoms with E-state index in [1.165, 1.54) is 5.39 Å². The zero-order chi connectivity index (χ0) is 16.7. The first-order valence-electron chi connectivity index (χ1n) is 7.85. The minimum Gasteiger partial charge on any atom is -0.368 e. The Balaban J connectivity index is 1.90. The van der Waals surface area contributed by atoms with Gasteiger partial charge in [-0.3, -0.25) is 0 Å². The van der Waals surface area contributed by atoms with Gasteiger partial charge in [-0.25, -0.2) is 4.98 Å². The van der Waals surface area contributed by atoms with Crippen LogP contribution in [0.3, 0.4) is 0 Å². The van der Waals surface area contributed by atoms with Crippen LogP contribution in [-0.2, 0) is 0 Å². The van der Waals surface area contributed by atoms with Gasteiger partial charge in [0.2, 0.25) is 5.95 Å². The Bertz CT molecular complexity index is 1110. The molecule has 5 nitrogen and oxygen atoms in total. The highest BCUT2D eigenvalue weighted by Gasteiger charge is 2.08. The third-order valence-corrected chi connectivity index (χ3v) is 4.05. The maximum atomic E-state index is 5.78. The first-order chi connectivity index (χ1) is 11.6. The number of nitrogens with zero attached hydrogens (tertiary/aromatic N) is 3. The van der Waals surface area contributed by atoms with Crippen molar-refractivity contribution in [1.29, 1.82) is 0 Å². The Labute approximate surface area is 139 Å². The molecule has 0 amide bonds. The summed E-state index contributed by atoms with van der Waals surface area (Å²) >= 11 is 0. The van der Waals surface area contributed by atoms with Gasteiger partial charge in [-0.2, -0.15) is 4.98 Å². The lowest BCUT2D eigenvalue weighted by molar-refractivity contribution is 0.622. The van der Waals surface area contributed by atoms with E-state index in [-0.39, 0.29) is 5.95 Å². The van der Waals surface area contributed by atoms with Crippen LogP contribution in [0, 0.1) is 11.8 Å². The molecule has 3 heterocycles. The number of anilines is 1. The molecule has 0 atom stereocenters. The lowest BCUT2D eigenvalue weighted by Crippen LogP contribution is -2.00. The number of hydrogen-bond donors (Lipinski definition) is 2. The Morgan fingerprint density at radius 2 is 2.00 bits per heavy atom. The smallest absolute Gasteiger partial charge is 0.223 e. The summed E-state index contributed by atoms with van der Waals surface area (Å²) in [5.41, 5.74) is 9.24. The summed E-state index contributed by atoms with van der Waals surface area (Å²) in [5.74, 6) is 6.65. The average Bonchev–Trinajstić information content (AvgIpc) is 3.18. The Morgan fingerprint density at radius 1 is 1.12 bits per heavy atom. The predicted octanol–water partition coefficient (Wildman–Crippen LogP) is 3.48. The number of nitrogens with two attached hydrogens (primary N) is 1. The van der Waals surface area contributed by atoms with E-state index < -0.39 is 0 Å². The van der Waals surface area contributed by atoms with E-state index in [2.05, 4.69) is 63.5 Å². The topological polar surface area (TPSA) is 72.5 Å². The molecule has 1 aromatic carbocycles. The largest absolute Gasteiger partial charge is 0.368 e. The van der Waals surface area contributed by atoms with E-state index in [1.54, 1.807) is 0 Å². The molecule has 5 heteroatoms. The molecule has 0 saturated heterocycles. The normalized spacial score (nSPS) is 11.1. The minimum atomic E-state index is 0.220. The summed E-state index contributed by atoms with van der Waals surface area (Å²) in [6, 6.07) is 10.6. The third kappa shape index (κ3) is 2.29. The zero-order valence-corrected chi connectivity index (χ0v) is 13.5. The highest BCUT2D eigenvalue weighted by Crippen LogP contribution is 2.23. The molecule has 3 N–H and O–H groups in total. The zero-order valence-electron chi connectivity index (χ0n) is 13.5. The average molecular weight is 315 g/mol. The van der Waals surface area contributed by atoms with Crippen LogP contribution >= 0.6 is 0 Å². The van der Waals surface area contributed by atoms with Gasteiger partial charge in [-0.05, 0) is 38.0 Å². The number of hydrogen-bond acceptors (Lipinski definition) is 3. The van der Waals surface area contributed by atoms with Gasteiger partial charge in [0.25, 0.3) is 0 Å². The minimum absolute atomic E-state index is 0.220. The quantitative estimate of drug-likeness (QED) is 0.528. The molecular formula is C19H17N5. The Kier molecular flexibility index (Phi) is 3.24. The molecule has 0 saturated carbocycles. The SMILES string of the molecule is CC(C)n1ccc2cccc(C#Cc3nc(N)nc4[nH]ccc34)c21. The lowest BCUT2D eigenvalue weighted by Gasteiger charge is -2.10. The van der Waals surface area contributed by atoms with Crippen LogP contribution in [-0.4, -0.2) is 19.5 Å². The van der Waals surface area contributed by atoms with Crippen LogP contribution in [0.25, 0.3) is 21.9 Å². The molecule has 0 bridgehead atoms. The first kappa shape index (κ1) is 14.3. The number of para-hydroxylation sites is 1. The fourth-order valence-corrected chi connectivity index (χ4v) is 2.93. The van der Waals surface area contributed by atoms with Crippen molar-refractivity contribution in [3.63, 3.8) is 0 Å². The molecule has 24 heavy (non-hydrogen) atoms. The first-order valence-corrected chi connectivity index (χ1v) is 7.85. The van der Waals surface area contributed by atoms with Crippen LogP contribution in [0.5, 0.6) is 0 Å². The highest BCUT2D eigenvalue weighted by molar-refractivity contribution is 5.87. The van der Waals surface area contributed by atoms with Gasteiger partial charge in [0.15, 0.2) is 0 Å². The lowest BCUT2D eigenvalue weighted by atomic mass is 10.1. The van der Waals surface area contributed by atoms with Gasteiger partial charge < -0.3 is 15.3 Å². The number of nitrogens with one attached hydrogen (secondary N) is 1. The number of benzene rings is 1. The number of nitrogen functional groups attached to an aromatic ring is 1. The standard InChI is InChI=1S/C19H17N5/c1-12(2)24-11-9-14-5-3-4-13(17(14)24)6-7-16-15-8-10-21-18(15)23-19(20)22-16/h3-5,8-12H,1-2H3,(H3,20,21,22,23). The molecule has 0 unspecified atom stereocenters. The number of fused-ring (bicyclic) bond motifs is 2. The van der Waals surface area contributed by atoms with Gasteiger partial charge in [0.1, 0.15) is 11.3 Å². The molecule has 3 aromatic heterocycles. The van der Waals surface area contributed by atoms with Gasteiger partial charge >= 0.3 is 0 Å². The van der Waals surface area contributed by atoms with Crippen LogP contribution in [0.4, 0.5) is 5.95 Å². The van der Waals surface area contributed by atoms with E-state index in [0.717, 1.165) is 16.5 Å². The fourth-order valence-electron chi connectivity index (χ4n) is 2.93. The van der Waals surface area contributed by atoms with Crippen molar-refractivity contribution in [2.24, 2.45) is 0 Å². The fraction of sp³-hybridized carbons (Fsp3) is 0.158. The molecular weight excluding hydrogens is 298 g/mol. The van der Waals surface area contributed by atoms with Crippen molar-refractivity contribution >= 4 is 27.9 Å². The summed E-state index contributed by atoms with van der Waals surface area (Å²) in [5, 5.41) is 2.06. The number of H-pyrrole nitrogens is 1. The van der Waals surface area contributed by atoms with E-state index in [0.29, 0.717) is 17.4 Å². The molecule has 0 radical (unpaired) electrons. The Hall–Kier alpha value is -3.26. The molecule has 118 valence electrons. The number of aromatic amines is 1. The van der Waals surface area contributed by atoms with Crippen LogP contribution in [0.1, 0.15) is 31.1 Å². The summed E-state index contributed by atoms with van der Waals surface area (Å²) in [6.07, 6.45) is 3.92. The molecule has 0 spiro atoms. The summed E-state index contributed by atoms with van der Waals surface area (Å²) < 4.78 is 2.24. The molecule has 0 aliphatic carbocycles. The van der Waals surface area contributed by atoms with Crippen molar-refractivity contribution < 1.29 is 0 Å². The van der Waals surface area contributed by atoms with E-state index >= 15 is 0 Å². The molecule has 0 aliphatic heterocycles. The van der Waals surface area contributed by atoms with Crippen LogP contribution in [0.2, 0.25) is 0 Å². The second-order valence-corrected chi connectivity index (χ2v) is 5.98. The van der Waals surface area contributed by atoms with E-state index in [4.69, 9.17) is 5.73 Å². The maximum Gasteiger partial charge on any atom is 0.223 e. The molecule has 4 rings (SSSR count). The summed E-state index contributed by atoms with van der Waals surface area (Å²) in [7, 11) is 0. The Morgan fingerprint density at radius 3 is 2.83 bits per heavy atom. The second kappa shape index (κ2) is 5.43. The number of rotatable bonds is 1. The van der Waals surface area contributed by atoms with Crippen molar-refractivity contribution in [3.8, 4) is 11.8 Å². The van der Waals surface area contributed by atoms with E-state index in [9.17, 15) is 0 Å². The van der Waals surface area contributed by atoms with Gasteiger partial charge in [0, 0.05) is 29.4 Å². The maximum absolute atomic E-state index is 5.78. The molecule has 0 fully saturated rings. The van der Waals surface area contributed by atoms with Crippen LogP contribution < -0.4 is 5.73 Å². The molecule has 4 aromatic rings. The number of aromatic nitrogens is 4. The van der Waals surface area contributed by atoms with Crippen LogP contribution in [0.15, 0.2) is 42.7 Å². The summed E-state index contributed by atoms with van der Waals surface area (Å²) in [6.45, 7) is 4.33. The molecule has 0 aliphatic rings. The third-order valence-electron chi connectivity index (χ3n) is 4.05. The van der Waals surface area contributed by atoms with Crippen molar-refractivity contribution in [1.82, 2.24) is 19.5 Å². The van der Waals surface area contributed by atoms with Gasteiger partial charge in [-0.1, -0.05) is 18.1 Å². The van der Waals surface area contributed by atoms with Crippen molar-refractivity contribution in [2.45, 2.75) is 19.9 Å². The summed E-state index contributed by atoms with van der Waals surface area (Å²) in [4.78, 5) is 11.5. The highest BCUT2D eigenvalue weighted by atomic mass is 15.0. The predicted molar refractivity (Wildman–Crippen MR) is 96.6 cm³/mol. The van der Waals surface area contributed by atoms with Crippen molar-refractivity contribution in [2.75, 3.05) is 5.73 Å². The van der Waals surface area contributed by atoms with Gasteiger partial charge in [0.05, 0.1) is 10.9 Å². The van der Waals surface area contributed by atoms with Crippen molar-refractivity contribution in [3.05, 3.63) is 54.0 Å². The second-order valence-electron chi connectivity index (χ2n) is 5.98. The van der Waals surface area contributed by atoms with Gasteiger partial charge in [-0.15, -0.1) is 0 Å². The van der Waals surface area contributed by atoms with E-state index in [1.807, 2.05) is 24.4 Å². The monoisotopic (exact) mass is 315 g/mol.